The Morgan fingerprint density at radius 2 is 2.06 bits per heavy atom. The van der Waals surface area contributed by atoms with Crippen molar-refractivity contribution in [2.75, 3.05) is 6.54 Å². The lowest BCUT2D eigenvalue weighted by atomic mass is 10.2. The number of nitrogens with two attached hydrogens (primary N) is 1. The second kappa shape index (κ2) is 6.05. The van der Waals surface area contributed by atoms with Crippen molar-refractivity contribution < 1.29 is 4.74 Å². The molecular formula is C13H12Cl2N2O. The highest BCUT2D eigenvalue weighted by Gasteiger charge is 2.14. The first-order chi connectivity index (χ1) is 8.70. The molecule has 0 saturated carbocycles. The number of hydrogen-bond acceptors (Lipinski definition) is 3. The van der Waals surface area contributed by atoms with Crippen LogP contribution in [0.15, 0.2) is 42.6 Å². The second-order valence-electron chi connectivity index (χ2n) is 3.67. The monoisotopic (exact) mass is 282 g/mol. The maximum Gasteiger partial charge on any atom is 0.153 e. The highest BCUT2D eigenvalue weighted by molar-refractivity contribution is 6.35. The van der Waals surface area contributed by atoms with E-state index in [-0.39, 0.29) is 6.10 Å². The summed E-state index contributed by atoms with van der Waals surface area (Å²) in [5.74, 6) is 0.544. The fourth-order valence-electron chi connectivity index (χ4n) is 1.52. The standard InChI is InChI=1S/C13H12Cl2N2O/c14-9-4-5-12(10(15)7-9)18-13(8-16)11-3-1-2-6-17-11/h1-7,13H,8,16H2. The Balaban J connectivity index is 2.21. The van der Waals surface area contributed by atoms with Crippen molar-refractivity contribution in [2.45, 2.75) is 6.10 Å². The Morgan fingerprint density at radius 3 is 2.67 bits per heavy atom. The Kier molecular flexibility index (Phi) is 4.42. The third-order valence-electron chi connectivity index (χ3n) is 2.39. The van der Waals surface area contributed by atoms with Crippen LogP contribution in [-0.2, 0) is 0 Å². The van der Waals surface area contributed by atoms with E-state index in [9.17, 15) is 0 Å². The molecule has 3 nitrogen and oxygen atoms in total. The van der Waals surface area contributed by atoms with Crippen molar-refractivity contribution in [2.24, 2.45) is 5.73 Å². The molecule has 0 aliphatic carbocycles. The number of aromatic nitrogens is 1. The largest absolute Gasteiger partial charge is 0.481 e. The summed E-state index contributed by atoms with van der Waals surface area (Å²) in [6, 6.07) is 10.7. The van der Waals surface area contributed by atoms with Gasteiger partial charge in [-0.2, -0.15) is 0 Å². The smallest absolute Gasteiger partial charge is 0.153 e. The van der Waals surface area contributed by atoms with E-state index in [0.29, 0.717) is 22.3 Å². The molecule has 1 heterocycles. The number of pyridine rings is 1. The fourth-order valence-corrected chi connectivity index (χ4v) is 1.97. The van der Waals surface area contributed by atoms with Crippen LogP contribution in [0.4, 0.5) is 0 Å². The average molecular weight is 283 g/mol. The summed E-state index contributed by atoms with van der Waals surface area (Å²) in [5, 5.41) is 1.02. The van der Waals surface area contributed by atoms with E-state index in [1.807, 2.05) is 18.2 Å². The maximum absolute atomic E-state index is 6.05. The number of rotatable bonds is 4. The van der Waals surface area contributed by atoms with Crippen molar-refractivity contribution in [3.63, 3.8) is 0 Å². The molecule has 18 heavy (non-hydrogen) atoms. The zero-order valence-corrected chi connectivity index (χ0v) is 11.0. The first-order valence-corrected chi connectivity index (χ1v) is 6.19. The molecule has 0 amide bonds. The van der Waals surface area contributed by atoms with Gasteiger partial charge in [-0.05, 0) is 30.3 Å². The third kappa shape index (κ3) is 3.13. The lowest BCUT2D eigenvalue weighted by Gasteiger charge is -2.17. The van der Waals surface area contributed by atoms with Crippen LogP contribution >= 0.6 is 23.2 Å². The molecule has 1 atom stereocenters. The van der Waals surface area contributed by atoms with Crippen molar-refractivity contribution in [1.29, 1.82) is 0 Å². The summed E-state index contributed by atoms with van der Waals surface area (Å²) in [5.41, 5.74) is 6.47. The molecule has 0 radical (unpaired) electrons. The van der Waals surface area contributed by atoms with E-state index in [0.717, 1.165) is 5.69 Å². The lowest BCUT2D eigenvalue weighted by molar-refractivity contribution is 0.209. The van der Waals surface area contributed by atoms with Crippen molar-refractivity contribution in [3.05, 3.63) is 58.3 Å². The van der Waals surface area contributed by atoms with Gasteiger partial charge in [0, 0.05) is 17.8 Å². The number of halogens is 2. The number of nitrogens with zero attached hydrogens (tertiary/aromatic N) is 1. The van der Waals surface area contributed by atoms with Crippen LogP contribution in [0.1, 0.15) is 11.8 Å². The highest BCUT2D eigenvalue weighted by atomic mass is 35.5. The summed E-state index contributed by atoms with van der Waals surface area (Å²) in [6.07, 6.45) is 1.37. The Morgan fingerprint density at radius 1 is 1.22 bits per heavy atom. The summed E-state index contributed by atoms with van der Waals surface area (Å²) in [7, 11) is 0. The zero-order chi connectivity index (χ0) is 13.0. The van der Waals surface area contributed by atoms with Crippen molar-refractivity contribution in [3.8, 4) is 5.75 Å². The van der Waals surface area contributed by atoms with Gasteiger partial charge in [0.1, 0.15) is 5.75 Å². The minimum atomic E-state index is -0.329. The van der Waals surface area contributed by atoms with E-state index >= 15 is 0 Å². The molecular weight excluding hydrogens is 271 g/mol. The molecule has 2 aromatic rings. The molecule has 5 heteroatoms. The van der Waals surface area contributed by atoms with Gasteiger partial charge >= 0.3 is 0 Å². The summed E-state index contributed by atoms with van der Waals surface area (Å²) >= 11 is 11.9. The first-order valence-electron chi connectivity index (χ1n) is 5.43. The van der Waals surface area contributed by atoms with Crippen molar-refractivity contribution in [1.82, 2.24) is 4.98 Å². The van der Waals surface area contributed by atoms with Gasteiger partial charge in [0.15, 0.2) is 6.10 Å². The van der Waals surface area contributed by atoms with Gasteiger partial charge in [-0.1, -0.05) is 29.3 Å². The SMILES string of the molecule is NCC(Oc1ccc(Cl)cc1Cl)c1ccccn1. The van der Waals surface area contributed by atoms with Crippen LogP contribution < -0.4 is 10.5 Å². The molecule has 2 rings (SSSR count). The van der Waals surface area contributed by atoms with Gasteiger partial charge in [0.25, 0.3) is 0 Å². The van der Waals surface area contributed by atoms with Crippen LogP contribution in [0.5, 0.6) is 5.75 Å². The van der Waals surface area contributed by atoms with Gasteiger partial charge in [-0.3, -0.25) is 4.98 Å². The van der Waals surface area contributed by atoms with Gasteiger partial charge in [0.2, 0.25) is 0 Å². The first kappa shape index (κ1) is 13.1. The van der Waals surface area contributed by atoms with Crippen LogP contribution in [0.25, 0.3) is 0 Å². The Hall–Kier alpha value is -1.29. The topological polar surface area (TPSA) is 48.1 Å². The predicted octanol–water partition coefficient (Wildman–Crippen LogP) is 3.47. The molecule has 0 saturated heterocycles. The van der Waals surface area contributed by atoms with Gasteiger partial charge < -0.3 is 10.5 Å². The normalized spacial score (nSPS) is 12.2. The van der Waals surface area contributed by atoms with E-state index in [1.165, 1.54) is 0 Å². The quantitative estimate of drug-likeness (QED) is 0.934. The predicted molar refractivity (Wildman–Crippen MR) is 73.1 cm³/mol. The van der Waals surface area contributed by atoms with Crippen LogP contribution in [-0.4, -0.2) is 11.5 Å². The highest BCUT2D eigenvalue weighted by Crippen LogP contribution is 2.30. The zero-order valence-electron chi connectivity index (χ0n) is 9.51. The van der Waals surface area contributed by atoms with Gasteiger partial charge in [0.05, 0.1) is 10.7 Å². The maximum atomic E-state index is 6.05. The fraction of sp³-hybridized carbons (Fsp3) is 0.154. The Labute approximate surface area is 115 Å². The van der Waals surface area contributed by atoms with E-state index in [1.54, 1.807) is 24.4 Å². The van der Waals surface area contributed by atoms with Crippen molar-refractivity contribution >= 4 is 23.2 Å². The molecule has 0 spiro atoms. The van der Waals surface area contributed by atoms with Gasteiger partial charge in [-0.25, -0.2) is 0 Å². The molecule has 0 fully saturated rings. The number of hydrogen-bond donors (Lipinski definition) is 1. The molecule has 0 aliphatic heterocycles. The second-order valence-corrected chi connectivity index (χ2v) is 4.52. The minimum absolute atomic E-state index is 0.315. The number of ether oxygens (including phenoxy) is 1. The molecule has 2 N–H and O–H groups in total. The van der Waals surface area contributed by atoms with E-state index in [4.69, 9.17) is 33.7 Å². The van der Waals surface area contributed by atoms with Crippen LogP contribution in [0, 0.1) is 0 Å². The molecule has 94 valence electrons. The Bertz CT molecular complexity index is 520. The van der Waals surface area contributed by atoms with Gasteiger partial charge in [-0.15, -0.1) is 0 Å². The lowest BCUT2D eigenvalue weighted by Crippen LogP contribution is -2.19. The summed E-state index contributed by atoms with van der Waals surface area (Å²) < 4.78 is 5.76. The minimum Gasteiger partial charge on any atom is -0.481 e. The van der Waals surface area contributed by atoms with E-state index < -0.39 is 0 Å². The van der Waals surface area contributed by atoms with Crippen LogP contribution in [0.3, 0.4) is 0 Å². The summed E-state index contributed by atoms with van der Waals surface area (Å²) in [4.78, 5) is 4.22. The summed E-state index contributed by atoms with van der Waals surface area (Å²) in [6.45, 7) is 0.315. The van der Waals surface area contributed by atoms with E-state index in [2.05, 4.69) is 4.98 Å². The number of benzene rings is 1. The van der Waals surface area contributed by atoms with Crippen LogP contribution in [0.2, 0.25) is 10.0 Å². The molecule has 0 aliphatic rings. The molecule has 0 bridgehead atoms. The average Bonchev–Trinajstić information content (AvgIpc) is 2.39. The molecule has 1 aromatic heterocycles. The molecule has 1 unspecified atom stereocenters. The third-order valence-corrected chi connectivity index (χ3v) is 2.93. The molecule has 1 aromatic carbocycles.